The van der Waals surface area contributed by atoms with Crippen LogP contribution in [0.25, 0.3) is 0 Å². The Kier molecular flexibility index (Phi) is 3.19. The molecular weight excluding hydrogens is 204 g/mol. The summed E-state index contributed by atoms with van der Waals surface area (Å²) < 4.78 is 0. The Balaban J connectivity index is 2.21. The minimum atomic E-state index is -0.787. The molecule has 1 aliphatic carbocycles. The Morgan fingerprint density at radius 3 is 3.25 bits per heavy atom. The molecule has 1 aliphatic rings. The zero-order chi connectivity index (χ0) is 11.5. The van der Waals surface area contributed by atoms with Crippen molar-refractivity contribution in [3.05, 3.63) is 29.6 Å². The van der Waals surface area contributed by atoms with Crippen molar-refractivity contribution in [3.63, 3.8) is 0 Å². The van der Waals surface area contributed by atoms with Crippen LogP contribution >= 0.6 is 0 Å². The van der Waals surface area contributed by atoms with Crippen LogP contribution in [-0.4, -0.2) is 34.6 Å². The van der Waals surface area contributed by atoms with Gasteiger partial charge in [0.1, 0.15) is 0 Å². The normalized spacial score (nSPS) is 19.5. The van der Waals surface area contributed by atoms with Gasteiger partial charge in [0.05, 0.1) is 18.3 Å². The second-order valence-electron chi connectivity index (χ2n) is 4.26. The first-order chi connectivity index (χ1) is 7.68. The van der Waals surface area contributed by atoms with Gasteiger partial charge in [0.2, 0.25) is 0 Å². The first kappa shape index (κ1) is 11.1. The van der Waals surface area contributed by atoms with E-state index in [0.717, 1.165) is 25.0 Å². The van der Waals surface area contributed by atoms with Crippen LogP contribution in [-0.2, 0) is 11.2 Å². The van der Waals surface area contributed by atoms with Crippen LogP contribution in [0.1, 0.15) is 30.1 Å². The summed E-state index contributed by atoms with van der Waals surface area (Å²) in [7, 11) is 1.85. The van der Waals surface area contributed by atoms with Gasteiger partial charge in [0.25, 0.3) is 0 Å². The number of aromatic nitrogens is 1. The van der Waals surface area contributed by atoms with E-state index in [0.29, 0.717) is 0 Å². The number of aliphatic carboxylic acids is 1. The number of fused-ring (bicyclic) bond motifs is 1. The zero-order valence-corrected chi connectivity index (χ0v) is 9.39. The zero-order valence-electron chi connectivity index (χ0n) is 9.39. The summed E-state index contributed by atoms with van der Waals surface area (Å²) in [6, 6.07) is 4.18. The van der Waals surface area contributed by atoms with Crippen LogP contribution in [0.15, 0.2) is 18.3 Å². The Morgan fingerprint density at radius 1 is 1.69 bits per heavy atom. The fraction of sp³-hybridized carbons (Fsp3) is 0.500. The summed E-state index contributed by atoms with van der Waals surface area (Å²) in [5.74, 6) is -0.787. The van der Waals surface area contributed by atoms with E-state index in [-0.39, 0.29) is 12.6 Å². The smallest absolute Gasteiger partial charge is 0.317 e. The Labute approximate surface area is 94.9 Å². The first-order valence-corrected chi connectivity index (χ1v) is 5.54. The van der Waals surface area contributed by atoms with Gasteiger partial charge in [-0.3, -0.25) is 14.7 Å². The van der Waals surface area contributed by atoms with Crippen molar-refractivity contribution in [2.75, 3.05) is 13.6 Å². The molecule has 1 unspecified atom stereocenters. The number of hydrogen-bond donors (Lipinski definition) is 1. The molecule has 1 aromatic heterocycles. The monoisotopic (exact) mass is 220 g/mol. The lowest BCUT2D eigenvalue weighted by Gasteiger charge is -2.31. The molecule has 16 heavy (non-hydrogen) atoms. The minimum Gasteiger partial charge on any atom is -0.480 e. The maximum absolute atomic E-state index is 10.7. The third-order valence-corrected chi connectivity index (χ3v) is 3.08. The summed E-state index contributed by atoms with van der Waals surface area (Å²) in [4.78, 5) is 17.0. The molecule has 1 heterocycles. The summed E-state index contributed by atoms with van der Waals surface area (Å²) >= 11 is 0. The lowest BCUT2D eigenvalue weighted by atomic mass is 9.91. The van der Waals surface area contributed by atoms with Crippen molar-refractivity contribution in [1.29, 1.82) is 0 Å². The van der Waals surface area contributed by atoms with Crippen LogP contribution < -0.4 is 0 Å². The lowest BCUT2D eigenvalue weighted by Crippen LogP contribution is -2.32. The second-order valence-corrected chi connectivity index (χ2v) is 4.26. The number of hydrogen-bond acceptors (Lipinski definition) is 3. The van der Waals surface area contributed by atoms with Gasteiger partial charge in [-0.1, -0.05) is 6.07 Å². The van der Waals surface area contributed by atoms with Crippen molar-refractivity contribution in [3.8, 4) is 0 Å². The number of carboxylic acid groups (broad SMARTS) is 1. The lowest BCUT2D eigenvalue weighted by molar-refractivity contribution is -0.138. The quantitative estimate of drug-likeness (QED) is 0.838. The van der Waals surface area contributed by atoms with Crippen molar-refractivity contribution in [2.24, 2.45) is 0 Å². The average molecular weight is 220 g/mol. The highest BCUT2D eigenvalue weighted by atomic mass is 16.4. The highest BCUT2D eigenvalue weighted by Crippen LogP contribution is 2.31. The van der Waals surface area contributed by atoms with Crippen LogP contribution in [0.5, 0.6) is 0 Å². The van der Waals surface area contributed by atoms with Crippen molar-refractivity contribution < 1.29 is 9.90 Å². The molecule has 4 nitrogen and oxygen atoms in total. The predicted molar refractivity (Wildman–Crippen MR) is 60.2 cm³/mol. The van der Waals surface area contributed by atoms with Crippen LogP contribution in [0.3, 0.4) is 0 Å². The van der Waals surface area contributed by atoms with E-state index < -0.39 is 5.97 Å². The molecule has 1 aromatic rings. The van der Waals surface area contributed by atoms with Crippen molar-refractivity contribution >= 4 is 5.97 Å². The topological polar surface area (TPSA) is 53.4 Å². The summed E-state index contributed by atoms with van der Waals surface area (Å²) in [5.41, 5.74) is 2.31. The largest absolute Gasteiger partial charge is 0.480 e. The van der Waals surface area contributed by atoms with Gasteiger partial charge < -0.3 is 5.11 Å². The van der Waals surface area contributed by atoms with E-state index in [4.69, 9.17) is 5.11 Å². The molecule has 0 radical (unpaired) electrons. The summed E-state index contributed by atoms with van der Waals surface area (Å²) in [6.07, 6.45) is 4.94. The van der Waals surface area contributed by atoms with Crippen LogP contribution in [0.4, 0.5) is 0 Å². The molecule has 0 saturated carbocycles. The highest BCUT2D eigenvalue weighted by Gasteiger charge is 2.25. The van der Waals surface area contributed by atoms with E-state index in [1.165, 1.54) is 5.56 Å². The molecular formula is C12H16N2O2. The molecule has 0 aliphatic heterocycles. The third-order valence-electron chi connectivity index (χ3n) is 3.08. The van der Waals surface area contributed by atoms with Crippen LogP contribution in [0.2, 0.25) is 0 Å². The molecule has 0 bridgehead atoms. The van der Waals surface area contributed by atoms with Gasteiger partial charge in [0, 0.05) is 6.20 Å². The molecule has 0 saturated heterocycles. The van der Waals surface area contributed by atoms with Gasteiger partial charge in [0.15, 0.2) is 0 Å². The van der Waals surface area contributed by atoms with E-state index in [9.17, 15) is 4.79 Å². The summed E-state index contributed by atoms with van der Waals surface area (Å²) in [6.45, 7) is 0.0701. The molecule has 0 amide bonds. The number of carboxylic acids is 1. The number of pyridine rings is 1. The molecule has 4 heteroatoms. The van der Waals surface area contributed by atoms with Gasteiger partial charge in [-0.25, -0.2) is 0 Å². The van der Waals surface area contributed by atoms with Gasteiger partial charge in [-0.05, 0) is 37.9 Å². The first-order valence-electron chi connectivity index (χ1n) is 5.54. The Morgan fingerprint density at radius 2 is 2.50 bits per heavy atom. The third kappa shape index (κ3) is 2.22. The Hall–Kier alpha value is -1.42. The minimum absolute atomic E-state index is 0.0701. The van der Waals surface area contributed by atoms with Crippen molar-refractivity contribution in [2.45, 2.75) is 25.3 Å². The molecule has 0 spiro atoms. The number of rotatable bonds is 3. The molecule has 1 atom stereocenters. The van der Waals surface area contributed by atoms with E-state index >= 15 is 0 Å². The van der Waals surface area contributed by atoms with Gasteiger partial charge in [-0.2, -0.15) is 0 Å². The second kappa shape index (κ2) is 4.61. The number of aryl methyl sites for hydroxylation is 1. The van der Waals surface area contributed by atoms with E-state index in [2.05, 4.69) is 11.1 Å². The van der Waals surface area contributed by atoms with Crippen LogP contribution in [0, 0.1) is 0 Å². The Bertz CT molecular complexity index is 392. The van der Waals surface area contributed by atoms with E-state index in [1.54, 1.807) is 6.20 Å². The maximum atomic E-state index is 10.7. The highest BCUT2D eigenvalue weighted by molar-refractivity contribution is 5.69. The average Bonchev–Trinajstić information content (AvgIpc) is 2.27. The maximum Gasteiger partial charge on any atom is 0.317 e. The standard InChI is InChI=1S/C12H16N2O2/c1-14(8-11(15)16)10-6-2-4-9-5-3-7-13-12(9)10/h3,5,7,10H,2,4,6,8H2,1H3,(H,15,16). The summed E-state index contributed by atoms with van der Waals surface area (Å²) in [5, 5.41) is 8.80. The SMILES string of the molecule is CN(CC(=O)O)C1CCCc2cccnc21. The molecule has 2 rings (SSSR count). The number of nitrogens with zero attached hydrogens (tertiary/aromatic N) is 2. The number of carbonyl (C=O) groups is 1. The molecule has 0 fully saturated rings. The van der Waals surface area contributed by atoms with Crippen molar-refractivity contribution in [1.82, 2.24) is 9.88 Å². The fourth-order valence-corrected chi connectivity index (χ4v) is 2.34. The van der Waals surface area contributed by atoms with Gasteiger partial charge in [-0.15, -0.1) is 0 Å². The van der Waals surface area contributed by atoms with Gasteiger partial charge >= 0.3 is 5.97 Å². The molecule has 86 valence electrons. The van der Waals surface area contributed by atoms with E-state index in [1.807, 2.05) is 18.0 Å². The number of likely N-dealkylation sites (N-methyl/N-ethyl adjacent to an activating group) is 1. The molecule has 1 N–H and O–H groups in total. The fourth-order valence-electron chi connectivity index (χ4n) is 2.34. The molecule has 0 aromatic carbocycles. The predicted octanol–water partition coefficient (Wildman–Crippen LogP) is 1.48.